The molecule has 1 atom stereocenters. The van der Waals surface area contributed by atoms with E-state index in [1.165, 1.54) is 19.3 Å². The lowest BCUT2D eigenvalue weighted by atomic mass is 9.95. The summed E-state index contributed by atoms with van der Waals surface area (Å²) in [6, 6.07) is 14.0. The fraction of sp³-hybridized carbons (Fsp3) is 0.462. The molecule has 1 aromatic heterocycles. The minimum absolute atomic E-state index is 0.0936. The van der Waals surface area contributed by atoms with Crippen LogP contribution in [0.5, 0.6) is 11.5 Å². The Labute approximate surface area is 189 Å². The number of amides is 1. The number of rotatable bonds is 8. The van der Waals surface area contributed by atoms with E-state index in [0.29, 0.717) is 24.3 Å². The summed E-state index contributed by atoms with van der Waals surface area (Å²) in [7, 11) is 3.27. The van der Waals surface area contributed by atoms with Gasteiger partial charge in [0.15, 0.2) is 11.5 Å². The minimum Gasteiger partial charge on any atom is -0.493 e. The maximum Gasteiger partial charge on any atom is 0.243 e. The van der Waals surface area contributed by atoms with Gasteiger partial charge in [0.05, 0.1) is 25.3 Å². The molecule has 1 heterocycles. The molecule has 0 spiro atoms. The molecule has 2 aromatic carbocycles. The molecule has 1 fully saturated rings. The Bertz CT molecular complexity index is 1070. The number of imidazole rings is 1. The monoisotopic (exact) mass is 435 g/mol. The number of methoxy groups -OCH3 is 2. The summed E-state index contributed by atoms with van der Waals surface area (Å²) in [6.45, 7) is 2.07. The maximum absolute atomic E-state index is 13.4. The summed E-state index contributed by atoms with van der Waals surface area (Å²) in [5.41, 5.74) is 2.96. The molecule has 0 bridgehead atoms. The molecule has 1 unspecified atom stereocenters. The second-order valence-corrected chi connectivity index (χ2v) is 8.52. The van der Waals surface area contributed by atoms with Crippen molar-refractivity contribution in [1.82, 2.24) is 14.9 Å². The Balaban J connectivity index is 1.68. The fourth-order valence-corrected chi connectivity index (χ4v) is 4.77. The van der Waals surface area contributed by atoms with E-state index < -0.39 is 0 Å². The number of nitrogens with zero attached hydrogens (tertiary/aromatic N) is 2. The number of hydrogen-bond donors (Lipinski definition) is 1. The number of ether oxygens (including phenoxy) is 2. The molecule has 0 saturated heterocycles. The Morgan fingerprint density at radius 2 is 1.84 bits per heavy atom. The highest BCUT2D eigenvalue weighted by Gasteiger charge is 2.26. The SMILES string of the molecule is CCC(C(=O)NC1CCCCC1)n1c(Cc2ccc(OC)c(OC)c2)nc2ccccc21. The van der Waals surface area contributed by atoms with Gasteiger partial charge in [-0.25, -0.2) is 4.98 Å². The van der Waals surface area contributed by atoms with Gasteiger partial charge in [0.1, 0.15) is 11.9 Å². The number of benzene rings is 2. The second-order valence-electron chi connectivity index (χ2n) is 8.52. The van der Waals surface area contributed by atoms with Crippen molar-refractivity contribution in [1.29, 1.82) is 0 Å². The summed E-state index contributed by atoms with van der Waals surface area (Å²) in [6.07, 6.45) is 7.11. The number of fused-ring (bicyclic) bond motifs is 1. The van der Waals surface area contributed by atoms with Crippen molar-refractivity contribution in [3.05, 3.63) is 53.9 Å². The smallest absolute Gasteiger partial charge is 0.243 e. The lowest BCUT2D eigenvalue weighted by Gasteiger charge is -2.26. The first kappa shape index (κ1) is 22.2. The molecule has 32 heavy (non-hydrogen) atoms. The van der Waals surface area contributed by atoms with Crippen LogP contribution in [0.3, 0.4) is 0 Å². The van der Waals surface area contributed by atoms with Crippen molar-refractivity contribution in [2.45, 2.75) is 64.0 Å². The van der Waals surface area contributed by atoms with Gasteiger partial charge in [-0.05, 0) is 49.1 Å². The van der Waals surface area contributed by atoms with Crippen LogP contribution in [0, 0.1) is 0 Å². The van der Waals surface area contributed by atoms with Crippen molar-refractivity contribution >= 4 is 16.9 Å². The zero-order chi connectivity index (χ0) is 22.5. The van der Waals surface area contributed by atoms with Gasteiger partial charge in [-0.2, -0.15) is 0 Å². The van der Waals surface area contributed by atoms with E-state index in [4.69, 9.17) is 14.5 Å². The number of carbonyl (C=O) groups is 1. The highest BCUT2D eigenvalue weighted by molar-refractivity contribution is 5.84. The first-order valence-electron chi connectivity index (χ1n) is 11.6. The molecule has 6 heteroatoms. The number of hydrogen-bond acceptors (Lipinski definition) is 4. The second kappa shape index (κ2) is 10.1. The maximum atomic E-state index is 13.4. The predicted molar refractivity (Wildman–Crippen MR) is 126 cm³/mol. The van der Waals surface area contributed by atoms with Crippen LogP contribution in [0.4, 0.5) is 0 Å². The third-order valence-corrected chi connectivity index (χ3v) is 6.43. The summed E-state index contributed by atoms with van der Waals surface area (Å²) in [5.74, 6) is 2.36. The van der Waals surface area contributed by atoms with Crippen molar-refractivity contribution in [2.75, 3.05) is 14.2 Å². The average molecular weight is 436 g/mol. The van der Waals surface area contributed by atoms with Crippen LogP contribution in [0.25, 0.3) is 11.0 Å². The summed E-state index contributed by atoms with van der Waals surface area (Å²) in [5, 5.41) is 3.32. The lowest BCUT2D eigenvalue weighted by molar-refractivity contribution is -0.125. The third kappa shape index (κ3) is 4.59. The molecule has 1 amide bonds. The van der Waals surface area contributed by atoms with Crippen LogP contribution in [-0.4, -0.2) is 35.7 Å². The van der Waals surface area contributed by atoms with E-state index in [9.17, 15) is 4.79 Å². The summed E-state index contributed by atoms with van der Waals surface area (Å²) >= 11 is 0. The van der Waals surface area contributed by atoms with E-state index in [-0.39, 0.29) is 18.0 Å². The Hall–Kier alpha value is -3.02. The number of para-hydroxylation sites is 2. The van der Waals surface area contributed by atoms with Crippen LogP contribution < -0.4 is 14.8 Å². The van der Waals surface area contributed by atoms with E-state index in [1.807, 2.05) is 36.4 Å². The average Bonchev–Trinajstić information content (AvgIpc) is 3.18. The lowest BCUT2D eigenvalue weighted by Crippen LogP contribution is -2.41. The largest absolute Gasteiger partial charge is 0.493 e. The van der Waals surface area contributed by atoms with Gasteiger partial charge in [-0.15, -0.1) is 0 Å². The summed E-state index contributed by atoms with van der Waals surface area (Å²) in [4.78, 5) is 18.3. The molecule has 170 valence electrons. The molecule has 1 N–H and O–H groups in total. The third-order valence-electron chi connectivity index (χ3n) is 6.43. The van der Waals surface area contributed by atoms with Crippen molar-refractivity contribution in [3.63, 3.8) is 0 Å². The molecule has 1 saturated carbocycles. The van der Waals surface area contributed by atoms with Crippen molar-refractivity contribution in [3.8, 4) is 11.5 Å². The van der Waals surface area contributed by atoms with Crippen molar-refractivity contribution in [2.24, 2.45) is 0 Å². The zero-order valence-electron chi connectivity index (χ0n) is 19.3. The normalized spacial score (nSPS) is 15.5. The Kier molecular flexibility index (Phi) is 6.98. The van der Waals surface area contributed by atoms with Crippen LogP contribution in [0.1, 0.15) is 62.9 Å². The van der Waals surface area contributed by atoms with Gasteiger partial charge < -0.3 is 19.4 Å². The van der Waals surface area contributed by atoms with E-state index >= 15 is 0 Å². The highest BCUT2D eigenvalue weighted by Crippen LogP contribution is 2.30. The number of aromatic nitrogens is 2. The molecule has 1 aliphatic carbocycles. The van der Waals surface area contributed by atoms with Gasteiger partial charge in [-0.3, -0.25) is 4.79 Å². The van der Waals surface area contributed by atoms with Crippen LogP contribution in [0.2, 0.25) is 0 Å². The fourth-order valence-electron chi connectivity index (χ4n) is 4.77. The zero-order valence-corrected chi connectivity index (χ0v) is 19.3. The highest BCUT2D eigenvalue weighted by atomic mass is 16.5. The number of carbonyl (C=O) groups excluding carboxylic acids is 1. The van der Waals surface area contributed by atoms with Crippen LogP contribution in [-0.2, 0) is 11.2 Å². The first-order chi connectivity index (χ1) is 15.6. The standard InChI is InChI=1S/C26H33N3O3/c1-4-21(26(30)27-19-10-6-5-7-11-19)29-22-13-9-8-12-20(22)28-25(29)17-18-14-15-23(31-2)24(16-18)32-3/h8-9,12-16,19,21H,4-7,10-11,17H2,1-3H3,(H,27,30). The van der Waals surface area contributed by atoms with Crippen LogP contribution in [0.15, 0.2) is 42.5 Å². The molecule has 0 aliphatic heterocycles. The van der Waals surface area contributed by atoms with Crippen LogP contribution >= 0.6 is 0 Å². The first-order valence-corrected chi connectivity index (χ1v) is 11.6. The van der Waals surface area contributed by atoms with Gasteiger partial charge in [0.25, 0.3) is 0 Å². The minimum atomic E-state index is -0.292. The molecule has 4 rings (SSSR count). The van der Waals surface area contributed by atoms with E-state index in [2.05, 4.69) is 22.9 Å². The van der Waals surface area contributed by atoms with E-state index in [1.54, 1.807) is 14.2 Å². The molecule has 6 nitrogen and oxygen atoms in total. The van der Waals surface area contributed by atoms with Gasteiger partial charge in [0, 0.05) is 12.5 Å². The van der Waals surface area contributed by atoms with Gasteiger partial charge in [-0.1, -0.05) is 44.4 Å². The van der Waals surface area contributed by atoms with E-state index in [0.717, 1.165) is 35.3 Å². The molecule has 1 aliphatic rings. The quantitative estimate of drug-likeness (QED) is 0.538. The molecule has 0 radical (unpaired) electrons. The van der Waals surface area contributed by atoms with Gasteiger partial charge in [0.2, 0.25) is 5.91 Å². The number of nitrogens with one attached hydrogen (secondary N) is 1. The molecular formula is C26H33N3O3. The topological polar surface area (TPSA) is 65.4 Å². The van der Waals surface area contributed by atoms with Crippen molar-refractivity contribution < 1.29 is 14.3 Å². The Morgan fingerprint density at radius 3 is 2.56 bits per heavy atom. The Morgan fingerprint density at radius 1 is 1.09 bits per heavy atom. The predicted octanol–water partition coefficient (Wildman–Crippen LogP) is 5.04. The molecule has 3 aromatic rings. The molecular weight excluding hydrogens is 402 g/mol. The summed E-state index contributed by atoms with van der Waals surface area (Å²) < 4.78 is 13.0. The van der Waals surface area contributed by atoms with Gasteiger partial charge >= 0.3 is 0 Å².